The summed E-state index contributed by atoms with van der Waals surface area (Å²) in [6.45, 7) is 3.56. The van der Waals surface area contributed by atoms with Crippen LogP contribution in [0.1, 0.15) is 13.8 Å². The van der Waals surface area contributed by atoms with E-state index in [2.05, 4.69) is 9.44 Å². The van der Waals surface area contributed by atoms with Crippen molar-refractivity contribution < 1.29 is 8.42 Å². The molecule has 4 nitrogen and oxygen atoms in total. The molecule has 0 atom stereocenters. The minimum atomic E-state index is -3.53. The molecule has 0 fully saturated rings. The van der Waals surface area contributed by atoms with Gasteiger partial charge in [-0.2, -0.15) is 13.1 Å². The Hall–Kier alpha value is -1.59. The lowest BCUT2D eigenvalue weighted by molar-refractivity contribution is 0.575. The van der Waals surface area contributed by atoms with Crippen LogP contribution >= 0.6 is 0 Å². The molecule has 0 radical (unpaired) electrons. The second-order valence-electron chi connectivity index (χ2n) is 4.40. The molecule has 0 bridgehead atoms. The summed E-state index contributed by atoms with van der Waals surface area (Å²) >= 11 is 0. The minimum Gasteiger partial charge on any atom is -0.270 e. The van der Waals surface area contributed by atoms with Crippen LogP contribution in [0.25, 0.3) is 10.8 Å². The van der Waals surface area contributed by atoms with Crippen molar-refractivity contribution in [3.8, 4) is 0 Å². The first kappa shape index (κ1) is 12.9. The van der Waals surface area contributed by atoms with Crippen LogP contribution in [0.2, 0.25) is 0 Å². The normalized spacial score (nSPS) is 11.9. The molecule has 0 aliphatic rings. The van der Waals surface area contributed by atoms with Crippen molar-refractivity contribution in [2.75, 3.05) is 4.72 Å². The SMILES string of the molecule is CC(C)NS(=O)(=O)Nc1cccc2ccccc12. The van der Waals surface area contributed by atoms with E-state index < -0.39 is 10.2 Å². The quantitative estimate of drug-likeness (QED) is 0.891. The molecule has 5 heteroatoms. The fourth-order valence-corrected chi connectivity index (χ4v) is 2.95. The maximum atomic E-state index is 11.8. The Labute approximate surface area is 107 Å². The molecule has 0 aliphatic carbocycles. The summed E-state index contributed by atoms with van der Waals surface area (Å²) in [5, 5.41) is 1.89. The highest BCUT2D eigenvalue weighted by atomic mass is 32.2. The van der Waals surface area contributed by atoms with Crippen LogP contribution in [0.15, 0.2) is 42.5 Å². The number of benzene rings is 2. The Bertz CT molecular complexity index is 646. The van der Waals surface area contributed by atoms with Crippen molar-refractivity contribution >= 4 is 26.7 Å². The molecule has 0 heterocycles. The topological polar surface area (TPSA) is 58.2 Å². The summed E-state index contributed by atoms with van der Waals surface area (Å²) in [5.41, 5.74) is 0.584. The highest BCUT2D eigenvalue weighted by Gasteiger charge is 2.12. The molecule has 18 heavy (non-hydrogen) atoms. The standard InChI is InChI=1S/C13H16N2O2S/c1-10(2)14-18(16,17)15-13-9-5-7-11-6-3-4-8-12(11)13/h3-10,14-15H,1-2H3. The van der Waals surface area contributed by atoms with Crippen molar-refractivity contribution in [3.63, 3.8) is 0 Å². The highest BCUT2D eigenvalue weighted by Crippen LogP contribution is 2.23. The van der Waals surface area contributed by atoms with Crippen LogP contribution in [0, 0.1) is 0 Å². The Morgan fingerprint density at radius 1 is 1.00 bits per heavy atom. The second kappa shape index (κ2) is 4.96. The zero-order chi connectivity index (χ0) is 13.2. The van der Waals surface area contributed by atoms with Crippen molar-refractivity contribution in [1.29, 1.82) is 0 Å². The van der Waals surface area contributed by atoms with Gasteiger partial charge in [0.1, 0.15) is 0 Å². The van der Waals surface area contributed by atoms with Gasteiger partial charge in [-0.15, -0.1) is 0 Å². The Morgan fingerprint density at radius 3 is 2.39 bits per heavy atom. The number of hydrogen-bond donors (Lipinski definition) is 2. The first-order valence-corrected chi connectivity index (χ1v) is 7.24. The first-order valence-electron chi connectivity index (χ1n) is 5.76. The first-order chi connectivity index (χ1) is 8.48. The second-order valence-corrected chi connectivity index (χ2v) is 5.85. The number of anilines is 1. The monoisotopic (exact) mass is 264 g/mol. The molecule has 2 N–H and O–H groups in total. The molecule has 0 saturated carbocycles. The van der Waals surface area contributed by atoms with Gasteiger partial charge in [-0.25, -0.2) is 0 Å². The van der Waals surface area contributed by atoms with Gasteiger partial charge in [0.25, 0.3) is 10.2 Å². The van der Waals surface area contributed by atoms with E-state index >= 15 is 0 Å². The van der Waals surface area contributed by atoms with Gasteiger partial charge in [0.05, 0.1) is 5.69 Å². The molecule has 0 amide bonds. The van der Waals surface area contributed by atoms with Gasteiger partial charge in [-0.3, -0.25) is 4.72 Å². The summed E-state index contributed by atoms with van der Waals surface area (Å²) in [4.78, 5) is 0. The van der Waals surface area contributed by atoms with Crippen LogP contribution in [0.3, 0.4) is 0 Å². The largest absolute Gasteiger partial charge is 0.299 e. The molecule has 0 aromatic heterocycles. The average molecular weight is 264 g/mol. The summed E-state index contributed by atoms with van der Waals surface area (Å²) in [6, 6.07) is 13.0. The predicted octanol–water partition coefficient (Wildman–Crippen LogP) is 2.49. The van der Waals surface area contributed by atoms with Crippen LogP contribution in [0.5, 0.6) is 0 Å². The predicted molar refractivity (Wildman–Crippen MR) is 74.8 cm³/mol. The molecule has 2 rings (SSSR count). The highest BCUT2D eigenvalue weighted by molar-refractivity contribution is 7.90. The minimum absolute atomic E-state index is 0.141. The number of fused-ring (bicyclic) bond motifs is 1. The summed E-state index contributed by atoms with van der Waals surface area (Å²) in [5.74, 6) is 0. The van der Waals surface area contributed by atoms with Crippen molar-refractivity contribution in [1.82, 2.24) is 4.72 Å². The Morgan fingerprint density at radius 2 is 1.67 bits per heavy atom. The van der Waals surface area contributed by atoms with Crippen molar-refractivity contribution in [3.05, 3.63) is 42.5 Å². The van der Waals surface area contributed by atoms with Gasteiger partial charge in [0, 0.05) is 11.4 Å². The Balaban J connectivity index is 2.38. The van der Waals surface area contributed by atoms with Gasteiger partial charge in [-0.1, -0.05) is 36.4 Å². The van der Waals surface area contributed by atoms with Crippen LogP contribution in [-0.2, 0) is 10.2 Å². The number of rotatable bonds is 4. The molecule has 2 aromatic carbocycles. The van der Waals surface area contributed by atoms with Gasteiger partial charge in [0.2, 0.25) is 0 Å². The van der Waals surface area contributed by atoms with E-state index in [1.807, 2.05) is 36.4 Å². The molecule has 0 spiro atoms. The van der Waals surface area contributed by atoms with Gasteiger partial charge in [0.15, 0.2) is 0 Å². The number of hydrogen-bond acceptors (Lipinski definition) is 2. The molecule has 2 aromatic rings. The van der Waals surface area contributed by atoms with Crippen molar-refractivity contribution in [2.24, 2.45) is 0 Å². The summed E-state index contributed by atoms with van der Waals surface area (Å²) < 4.78 is 28.7. The van der Waals surface area contributed by atoms with E-state index in [0.717, 1.165) is 10.8 Å². The van der Waals surface area contributed by atoms with Gasteiger partial charge >= 0.3 is 0 Å². The fraction of sp³-hybridized carbons (Fsp3) is 0.231. The van der Waals surface area contributed by atoms with E-state index in [1.54, 1.807) is 19.9 Å². The zero-order valence-corrected chi connectivity index (χ0v) is 11.2. The third-order valence-corrected chi connectivity index (χ3v) is 3.70. The van der Waals surface area contributed by atoms with E-state index in [0.29, 0.717) is 5.69 Å². The summed E-state index contributed by atoms with van der Waals surface area (Å²) in [7, 11) is -3.53. The lowest BCUT2D eigenvalue weighted by Gasteiger charge is -2.13. The maximum absolute atomic E-state index is 11.8. The summed E-state index contributed by atoms with van der Waals surface area (Å²) in [6.07, 6.45) is 0. The third kappa shape index (κ3) is 3.00. The van der Waals surface area contributed by atoms with Crippen LogP contribution in [-0.4, -0.2) is 14.5 Å². The maximum Gasteiger partial charge on any atom is 0.299 e. The Kier molecular flexibility index (Phi) is 3.54. The van der Waals surface area contributed by atoms with E-state index in [4.69, 9.17) is 0 Å². The molecule has 0 saturated heterocycles. The van der Waals surface area contributed by atoms with E-state index in [-0.39, 0.29) is 6.04 Å². The lowest BCUT2D eigenvalue weighted by atomic mass is 10.1. The molecule has 0 unspecified atom stereocenters. The molecular formula is C13H16N2O2S. The van der Waals surface area contributed by atoms with Crippen LogP contribution < -0.4 is 9.44 Å². The molecular weight excluding hydrogens is 248 g/mol. The molecule has 0 aliphatic heterocycles. The zero-order valence-electron chi connectivity index (χ0n) is 10.3. The third-order valence-electron chi connectivity index (χ3n) is 2.42. The van der Waals surface area contributed by atoms with Gasteiger partial charge in [-0.05, 0) is 25.3 Å². The lowest BCUT2D eigenvalue weighted by Crippen LogP contribution is -2.35. The van der Waals surface area contributed by atoms with E-state index in [9.17, 15) is 8.42 Å². The van der Waals surface area contributed by atoms with E-state index in [1.165, 1.54) is 0 Å². The average Bonchev–Trinajstić information content (AvgIpc) is 2.27. The molecule has 96 valence electrons. The van der Waals surface area contributed by atoms with Crippen LogP contribution in [0.4, 0.5) is 5.69 Å². The van der Waals surface area contributed by atoms with Crippen molar-refractivity contribution in [2.45, 2.75) is 19.9 Å². The van der Waals surface area contributed by atoms with Gasteiger partial charge < -0.3 is 0 Å². The fourth-order valence-electron chi connectivity index (χ4n) is 1.80. The number of nitrogens with one attached hydrogen (secondary N) is 2. The smallest absolute Gasteiger partial charge is 0.270 e.